The van der Waals surface area contributed by atoms with Gasteiger partial charge in [-0.15, -0.1) is 0 Å². The molecule has 6 heteroatoms. The van der Waals surface area contributed by atoms with Gasteiger partial charge in [-0.05, 0) is 43.7 Å². The van der Waals surface area contributed by atoms with Crippen molar-refractivity contribution in [2.75, 3.05) is 0 Å². The average Bonchev–Trinajstić information content (AvgIpc) is 2.54. The summed E-state index contributed by atoms with van der Waals surface area (Å²) in [5.74, 6) is -1.19. The highest BCUT2D eigenvalue weighted by atomic mass is 35.5. The Labute approximate surface area is 148 Å². The molecule has 0 unspecified atom stereocenters. The van der Waals surface area contributed by atoms with Gasteiger partial charge >= 0.3 is 5.63 Å². The lowest BCUT2D eigenvalue weighted by molar-refractivity contribution is -0.708. The van der Waals surface area contributed by atoms with Gasteiger partial charge in [0.25, 0.3) is 0 Å². The van der Waals surface area contributed by atoms with E-state index in [4.69, 9.17) is 16.0 Å². The van der Waals surface area contributed by atoms with E-state index in [9.17, 15) is 13.6 Å². The van der Waals surface area contributed by atoms with Gasteiger partial charge in [0.15, 0.2) is 0 Å². The predicted molar refractivity (Wildman–Crippen MR) is 92.6 cm³/mol. The van der Waals surface area contributed by atoms with E-state index in [-0.39, 0.29) is 6.04 Å². The molecule has 3 nitrogen and oxygen atoms in total. The summed E-state index contributed by atoms with van der Waals surface area (Å²) < 4.78 is 32.2. The third-order valence-corrected chi connectivity index (χ3v) is 4.66. The molecule has 1 aromatic heterocycles. The highest BCUT2D eigenvalue weighted by Crippen LogP contribution is 2.25. The summed E-state index contributed by atoms with van der Waals surface area (Å²) in [5, 5.41) is 3.21. The van der Waals surface area contributed by atoms with Crippen molar-refractivity contribution in [1.82, 2.24) is 0 Å². The van der Waals surface area contributed by atoms with Gasteiger partial charge in [-0.1, -0.05) is 11.6 Å². The molecule has 2 aromatic carbocycles. The van der Waals surface area contributed by atoms with Gasteiger partial charge in [0.05, 0.1) is 0 Å². The first-order valence-corrected chi connectivity index (χ1v) is 8.24. The summed E-state index contributed by atoms with van der Waals surface area (Å²) >= 11 is 6.18. The number of hydrogen-bond donors (Lipinski definition) is 1. The Kier molecular flexibility index (Phi) is 4.88. The van der Waals surface area contributed by atoms with Crippen molar-refractivity contribution in [3.8, 4) is 0 Å². The lowest BCUT2D eigenvalue weighted by Gasteiger charge is -2.13. The predicted octanol–water partition coefficient (Wildman–Crippen LogP) is 3.86. The lowest BCUT2D eigenvalue weighted by atomic mass is 10.1. The van der Waals surface area contributed by atoms with E-state index in [2.05, 4.69) is 0 Å². The van der Waals surface area contributed by atoms with E-state index < -0.39 is 17.3 Å². The Hall–Kier alpha value is -2.24. The van der Waals surface area contributed by atoms with Crippen LogP contribution in [0.2, 0.25) is 5.02 Å². The third kappa shape index (κ3) is 3.72. The van der Waals surface area contributed by atoms with Crippen LogP contribution in [-0.4, -0.2) is 0 Å². The Morgan fingerprint density at radius 2 is 1.96 bits per heavy atom. The molecule has 0 aliphatic rings. The summed E-state index contributed by atoms with van der Waals surface area (Å²) in [6.45, 7) is 4.08. The SMILES string of the molecule is Cc1cc2oc(=O)cc(C[NH2+][C@H](C)c3ccc(F)cc3F)c2cc1Cl. The van der Waals surface area contributed by atoms with Crippen LogP contribution in [0.25, 0.3) is 11.0 Å². The monoisotopic (exact) mass is 364 g/mol. The molecule has 0 aliphatic heterocycles. The van der Waals surface area contributed by atoms with Crippen molar-refractivity contribution in [3.05, 3.63) is 80.2 Å². The lowest BCUT2D eigenvalue weighted by Crippen LogP contribution is -2.83. The molecule has 0 aliphatic carbocycles. The van der Waals surface area contributed by atoms with Crippen LogP contribution in [0.5, 0.6) is 0 Å². The van der Waals surface area contributed by atoms with Crippen LogP contribution in [-0.2, 0) is 6.54 Å². The number of rotatable bonds is 4. The van der Waals surface area contributed by atoms with Gasteiger partial charge < -0.3 is 9.73 Å². The first-order valence-electron chi connectivity index (χ1n) is 7.86. The minimum Gasteiger partial charge on any atom is -0.423 e. The van der Waals surface area contributed by atoms with Gasteiger partial charge in [-0.2, -0.15) is 0 Å². The second-order valence-electron chi connectivity index (χ2n) is 6.08. The second kappa shape index (κ2) is 6.94. The van der Waals surface area contributed by atoms with Crippen molar-refractivity contribution >= 4 is 22.6 Å². The van der Waals surface area contributed by atoms with E-state index in [1.54, 1.807) is 12.1 Å². The van der Waals surface area contributed by atoms with Crippen LogP contribution < -0.4 is 10.9 Å². The molecule has 130 valence electrons. The molecule has 0 bridgehead atoms. The summed E-state index contributed by atoms with van der Waals surface area (Å²) in [4.78, 5) is 11.8. The van der Waals surface area contributed by atoms with Gasteiger partial charge in [0.1, 0.15) is 29.8 Å². The maximum atomic E-state index is 13.9. The van der Waals surface area contributed by atoms with Crippen LogP contribution in [0.15, 0.2) is 45.6 Å². The molecule has 25 heavy (non-hydrogen) atoms. The maximum absolute atomic E-state index is 13.9. The zero-order valence-electron chi connectivity index (χ0n) is 13.8. The molecule has 0 radical (unpaired) electrons. The highest BCUT2D eigenvalue weighted by molar-refractivity contribution is 6.32. The third-order valence-electron chi connectivity index (χ3n) is 4.25. The van der Waals surface area contributed by atoms with Crippen molar-refractivity contribution < 1.29 is 18.5 Å². The number of benzene rings is 2. The molecule has 3 aromatic rings. The van der Waals surface area contributed by atoms with E-state index in [0.29, 0.717) is 22.7 Å². The minimum absolute atomic E-state index is 0.246. The quantitative estimate of drug-likeness (QED) is 0.715. The summed E-state index contributed by atoms with van der Waals surface area (Å²) in [6, 6.07) is 8.20. The number of hydrogen-bond acceptors (Lipinski definition) is 2. The zero-order chi connectivity index (χ0) is 18.1. The summed E-state index contributed by atoms with van der Waals surface area (Å²) in [6.07, 6.45) is 0. The minimum atomic E-state index is -0.606. The van der Waals surface area contributed by atoms with Crippen molar-refractivity contribution in [1.29, 1.82) is 0 Å². The molecule has 0 spiro atoms. The molecule has 2 N–H and O–H groups in total. The van der Waals surface area contributed by atoms with E-state index >= 15 is 0 Å². The van der Waals surface area contributed by atoms with Gasteiger partial charge in [0.2, 0.25) is 0 Å². The second-order valence-corrected chi connectivity index (χ2v) is 6.49. The van der Waals surface area contributed by atoms with Gasteiger partial charge in [0, 0.05) is 33.7 Å². The Morgan fingerprint density at radius 3 is 2.68 bits per heavy atom. The normalized spacial score (nSPS) is 12.5. The maximum Gasteiger partial charge on any atom is 0.336 e. The first-order chi connectivity index (χ1) is 11.8. The number of quaternary nitrogens is 1. The zero-order valence-corrected chi connectivity index (χ0v) is 14.5. The molecule has 3 rings (SSSR count). The molecule has 1 atom stereocenters. The Bertz CT molecular complexity index is 1000. The highest BCUT2D eigenvalue weighted by Gasteiger charge is 2.16. The van der Waals surface area contributed by atoms with Crippen molar-refractivity contribution in [3.63, 3.8) is 0 Å². The van der Waals surface area contributed by atoms with Crippen LogP contribution in [0.4, 0.5) is 8.78 Å². The Morgan fingerprint density at radius 1 is 1.20 bits per heavy atom. The smallest absolute Gasteiger partial charge is 0.336 e. The summed E-state index contributed by atoms with van der Waals surface area (Å²) in [7, 11) is 0. The van der Waals surface area contributed by atoms with E-state index in [1.165, 1.54) is 18.2 Å². The fourth-order valence-corrected chi connectivity index (χ4v) is 2.98. The molecule has 0 saturated heterocycles. The largest absolute Gasteiger partial charge is 0.423 e. The fourth-order valence-electron chi connectivity index (χ4n) is 2.82. The fraction of sp³-hybridized carbons (Fsp3) is 0.211. The molecular formula is C19H17ClF2NO2+. The standard InChI is InChI=1S/C19H16ClF2NO2/c1-10-5-18-15(8-16(10)20)12(6-19(24)25-18)9-23-11(2)14-4-3-13(21)7-17(14)22/h3-8,11,23H,9H2,1-2H3/p+1/t11-/m1/s1. The summed E-state index contributed by atoms with van der Waals surface area (Å²) in [5.41, 5.74) is 2.00. The first kappa shape index (κ1) is 17.6. The van der Waals surface area contributed by atoms with E-state index in [1.807, 2.05) is 19.2 Å². The van der Waals surface area contributed by atoms with Crippen LogP contribution in [0, 0.1) is 18.6 Å². The number of halogens is 3. The number of aryl methyl sites for hydroxylation is 1. The molecule has 0 fully saturated rings. The van der Waals surface area contributed by atoms with Crippen molar-refractivity contribution in [2.24, 2.45) is 0 Å². The van der Waals surface area contributed by atoms with Gasteiger partial charge in [-0.25, -0.2) is 13.6 Å². The van der Waals surface area contributed by atoms with Crippen LogP contribution in [0.3, 0.4) is 0 Å². The topological polar surface area (TPSA) is 46.8 Å². The number of nitrogens with two attached hydrogens (primary N) is 1. The average molecular weight is 365 g/mol. The van der Waals surface area contributed by atoms with E-state index in [0.717, 1.165) is 22.6 Å². The molecular weight excluding hydrogens is 348 g/mol. The molecule has 0 saturated carbocycles. The molecule has 0 amide bonds. The van der Waals surface area contributed by atoms with Crippen LogP contribution >= 0.6 is 11.6 Å². The van der Waals surface area contributed by atoms with Gasteiger partial charge in [-0.3, -0.25) is 0 Å². The van der Waals surface area contributed by atoms with Crippen LogP contribution in [0.1, 0.15) is 29.7 Å². The van der Waals surface area contributed by atoms with Crippen molar-refractivity contribution in [2.45, 2.75) is 26.4 Å². The number of fused-ring (bicyclic) bond motifs is 1. The molecule has 1 heterocycles. The Balaban J connectivity index is 1.90.